The number of nitrogens with one attached hydrogen (secondary N) is 1. The summed E-state index contributed by atoms with van der Waals surface area (Å²) in [6.45, 7) is 9.45. The van der Waals surface area contributed by atoms with Gasteiger partial charge in [-0.2, -0.15) is 0 Å². The summed E-state index contributed by atoms with van der Waals surface area (Å²) in [7, 11) is 0. The molecule has 3 nitrogen and oxygen atoms in total. The van der Waals surface area contributed by atoms with Gasteiger partial charge in [0.2, 0.25) is 0 Å². The van der Waals surface area contributed by atoms with Crippen molar-refractivity contribution < 1.29 is 4.74 Å². The van der Waals surface area contributed by atoms with Crippen LogP contribution in [0.15, 0.2) is 28.7 Å². The van der Waals surface area contributed by atoms with E-state index in [1.807, 2.05) is 0 Å². The summed E-state index contributed by atoms with van der Waals surface area (Å²) < 4.78 is 6.68. The summed E-state index contributed by atoms with van der Waals surface area (Å²) in [6, 6.07) is 9.63. The SMILES string of the molecule is CCCNC(CCN1CCOCC1C)c1cccc(Br)c1. The molecule has 0 spiro atoms. The van der Waals surface area contributed by atoms with E-state index in [1.54, 1.807) is 0 Å². The Hall–Kier alpha value is -0.420. The standard InChI is InChI=1S/C17H27BrN2O/c1-3-8-19-17(15-5-4-6-16(18)12-15)7-9-20-10-11-21-13-14(20)2/h4-6,12,14,17,19H,3,7-11,13H2,1-2H3. The predicted octanol–water partition coefficient (Wildman–Crippen LogP) is 3.60. The van der Waals surface area contributed by atoms with Gasteiger partial charge in [0.1, 0.15) is 0 Å². The summed E-state index contributed by atoms with van der Waals surface area (Å²) in [5.74, 6) is 0. The number of morpholine rings is 1. The van der Waals surface area contributed by atoms with Crippen molar-refractivity contribution in [3.05, 3.63) is 34.3 Å². The fourth-order valence-corrected chi connectivity index (χ4v) is 3.23. The Morgan fingerprint density at radius 2 is 2.33 bits per heavy atom. The van der Waals surface area contributed by atoms with Gasteiger partial charge in [0.05, 0.1) is 13.2 Å². The highest BCUT2D eigenvalue weighted by molar-refractivity contribution is 9.10. The fourth-order valence-electron chi connectivity index (χ4n) is 2.82. The predicted molar refractivity (Wildman–Crippen MR) is 91.6 cm³/mol. The van der Waals surface area contributed by atoms with Crippen LogP contribution in [0.2, 0.25) is 0 Å². The van der Waals surface area contributed by atoms with Crippen LogP contribution in [-0.2, 0) is 4.74 Å². The highest BCUT2D eigenvalue weighted by Crippen LogP contribution is 2.22. The average Bonchev–Trinajstić information content (AvgIpc) is 2.49. The van der Waals surface area contributed by atoms with E-state index >= 15 is 0 Å². The van der Waals surface area contributed by atoms with Crippen LogP contribution in [0.1, 0.15) is 38.3 Å². The molecule has 2 atom stereocenters. The maximum atomic E-state index is 5.52. The molecular formula is C17H27BrN2O. The third kappa shape index (κ3) is 5.37. The van der Waals surface area contributed by atoms with Crippen LogP contribution in [0, 0.1) is 0 Å². The highest BCUT2D eigenvalue weighted by atomic mass is 79.9. The molecule has 118 valence electrons. The van der Waals surface area contributed by atoms with Gasteiger partial charge in [-0.25, -0.2) is 0 Å². The van der Waals surface area contributed by atoms with Gasteiger partial charge in [0.15, 0.2) is 0 Å². The smallest absolute Gasteiger partial charge is 0.0619 e. The largest absolute Gasteiger partial charge is 0.379 e. The van der Waals surface area contributed by atoms with Gasteiger partial charge >= 0.3 is 0 Å². The van der Waals surface area contributed by atoms with Crippen LogP contribution in [0.4, 0.5) is 0 Å². The monoisotopic (exact) mass is 354 g/mol. The second-order valence-electron chi connectivity index (χ2n) is 5.81. The van der Waals surface area contributed by atoms with Crippen LogP contribution >= 0.6 is 15.9 Å². The summed E-state index contributed by atoms with van der Waals surface area (Å²) in [5, 5.41) is 3.69. The maximum absolute atomic E-state index is 5.52. The molecule has 1 saturated heterocycles. The molecule has 1 N–H and O–H groups in total. The number of hydrogen-bond donors (Lipinski definition) is 1. The molecule has 1 aliphatic rings. The van der Waals surface area contributed by atoms with Gasteiger partial charge in [-0.1, -0.05) is 35.0 Å². The lowest BCUT2D eigenvalue weighted by atomic mass is 10.0. The van der Waals surface area contributed by atoms with E-state index in [0.717, 1.165) is 43.7 Å². The van der Waals surface area contributed by atoms with E-state index in [1.165, 1.54) is 12.0 Å². The van der Waals surface area contributed by atoms with Crippen LogP contribution in [0.3, 0.4) is 0 Å². The zero-order valence-electron chi connectivity index (χ0n) is 13.1. The van der Waals surface area contributed by atoms with Crippen LogP contribution in [-0.4, -0.2) is 43.8 Å². The van der Waals surface area contributed by atoms with E-state index in [-0.39, 0.29) is 0 Å². The molecule has 0 amide bonds. The zero-order chi connectivity index (χ0) is 15.1. The molecule has 1 fully saturated rings. The van der Waals surface area contributed by atoms with Crippen molar-refractivity contribution in [3.8, 4) is 0 Å². The molecule has 2 unspecified atom stereocenters. The summed E-state index contributed by atoms with van der Waals surface area (Å²) in [6.07, 6.45) is 2.30. The van der Waals surface area contributed by atoms with E-state index < -0.39 is 0 Å². The van der Waals surface area contributed by atoms with E-state index in [9.17, 15) is 0 Å². The van der Waals surface area contributed by atoms with Gasteiger partial charge in [-0.05, 0) is 44.0 Å². The first-order valence-corrected chi connectivity index (χ1v) is 8.80. The van der Waals surface area contributed by atoms with Crippen molar-refractivity contribution in [1.29, 1.82) is 0 Å². The summed E-state index contributed by atoms with van der Waals surface area (Å²) in [5.41, 5.74) is 1.37. The minimum absolute atomic E-state index is 0.428. The van der Waals surface area contributed by atoms with Crippen molar-refractivity contribution in [2.24, 2.45) is 0 Å². The Kier molecular flexibility index (Phi) is 7.17. The third-order valence-electron chi connectivity index (χ3n) is 4.10. The fraction of sp³-hybridized carbons (Fsp3) is 0.647. The number of ether oxygens (including phenoxy) is 1. The summed E-state index contributed by atoms with van der Waals surface area (Å²) in [4.78, 5) is 2.54. The van der Waals surface area contributed by atoms with Crippen molar-refractivity contribution in [3.63, 3.8) is 0 Å². The van der Waals surface area contributed by atoms with E-state index in [0.29, 0.717) is 12.1 Å². The molecule has 0 saturated carbocycles. The first-order valence-electron chi connectivity index (χ1n) is 8.01. The molecule has 0 aliphatic carbocycles. The quantitative estimate of drug-likeness (QED) is 0.809. The van der Waals surface area contributed by atoms with E-state index in [4.69, 9.17) is 4.74 Å². The van der Waals surface area contributed by atoms with Gasteiger partial charge in [0, 0.05) is 29.6 Å². The molecule has 0 aromatic heterocycles. The average molecular weight is 355 g/mol. The molecule has 2 rings (SSSR count). The molecule has 0 bridgehead atoms. The number of rotatable bonds is 7. The van der Waals surface area contributed by atoms with Crippen molar-refractivity contribution in [2.45, 2.75) is 38.8 Å². The van der Waals surface area contributed by atoms with Crippen molar-refractivity contribution >= 4 is 15.9 Å². The minimum atomic E-state index is 0.428. The Bertz CT molecular complexity index is 427. The Morgan fingerprint density at radius 1 is 1.48 bits per heavy atom. The number of benzene rings is 1. The minimum Gasteiger partial charge on any atom is -0.379 e. The molecule has 1 aromatic carbocycles. The number of hydrogen-bond acceptors (Lipinski definition) is 3. The van der Waals surface area contributed by atoms with E-state index in [2.05, 4.69) is 64.3 Å². The summed E-state index contributed by atoms with van der Waals surface area (Å²) >= 11 is 3.58. The topological polar surface area (TPSA) is 24.5 Å². The molecule has 1 aliphatic heterocycles. The number of nitrogens with zero attached hydrogens (tertiary/aromatic N) is 1. The highest BCUT2D eigenvalue weighted by Gasteiger charge is 2.20. The van der Waals surface area contributed by atoms with Gasteiger partial charge in [-0.3, -0.25) is 4.90 Å². The van der Waals surface area contributed by atoms with Crippen molar-refractivity contribution in [1.82, 2.24) is 10.2 Å². The lowest BCUT2D eigenvalue weighted by Gasteiger charge is -2.34. The first kappa shape index (κ1) is 16.9. The Balaban J connectivity index is 1.95. The molecular weight excluding hydrogens is 328 g/mol. The molecule has 1 heterocycles. The third-order valence-corrected chi connectivity index (χ3v) is 4.60. The van der Waals surface area contributed by atoms with Crippen LogP contribution < -0.4 is 5.32 Å². The second kappa shape index (κ2) is 8.89. The molecule has 1 aromatic rings. The second-order valence-corrected chi connectivity index (χ2v) is 6.73. The number of halogens is 1. The first-order chi connectivity index (χ1) is 10.2. The van der Waals surface area contributed by atoms with Gasteiger partial charge < -0.3 is 10.1 Å². The Morgan fingerprint density at radius 3 is 3.05 bits per heavy atom. The molecule has 4 heteroatoms. The van der Waals surface area contributed by atoms with Crippen LogP contribution in [0.5, 0.6) is 0 Å². The van der Waals surface area contributed by atoms with Gasteiger partial charge in [0.25, 0.3) is 0 Å². The van der Waals surface area contributed by atoms with Gasteiger partial charge in [-0.15, -0.1) is 0 Å². The maximum Gasteiger partial charge on any atom is 0.0619 e. The zero-order valence-corrected chi connectivity index (χ0v) is 14.7. The lowest BCUT2D eigenvalue weighted by Crippen LogP contribution is -2.44. The molecule has 0 radical (unpaired) electrons. The molecule has 21 heavy (non-hydrogen) atoms. The van der Waals surface area contributed by atoms with Crippen molar-refractivity contribution in [2.75, 3.05) is 32.8 Å². The Labute approximate surface area is 137 Å². The van der Waals surface area contributed by atoms with Crippen LogP contribution in [0.25, 0.3) is 0 Å². The normalized spacial score (nSPS) is 21.4. The lowest BCUT2D eigenvalue weighted by molar-refractivity contribution is -0.00182.